The molecule has 0 aliphatic heterocycles. The highest BCUT2D eigenvalue weighted by atomic mass is 19.1. The molecule has 1 heterocycles. The van der Waals surface area contributed by atoms with Crippen LogP contribution in [0.25, 0.3) is 21.8 Å². The maximum atomic E-state index is 13.1. The molecule has 0 aliphatic carbocycles. The lowest BCUT2D eigenvalue weighted by Gasteiger charge is -2.12. The zero-order chi connectivity index (χ0) is 24.7. The highest BCUT2D eigenvalue weighted by Crippen LogP contribution is 2.25. The predicted molar refractivity (Wildman–Crippen MR) is 141 cm³/mol. The summed E-state index contributed by atoms with van der Waals surface area (Å²) in [5, 5.41) is 5.20. The molecular weight excluding hydrogens is 453 g/mol. The second-order valence-electron chi connectivity index (χ2n) is 8.71. The van der Waals surface area contributed by atoms with Crippen LogP contribution in [0.1, 0.15) is 29.0 Å². The van der Waals surface area contributed by atoms with Gasteiger partial charge in [-0.3, -0.25) is 4.79 Å². The lowest BCUT2D eigenvalue weighted by Crippen LogP contribution is -2.25. The monoisotopic (exact) mass is 481 g/mol. The second kappa shape index (κ2) is 11.0. The fraction of sp³-hybridized carbons (Fsp3) is 0.200. The Morgan fingerprint density at radius 1 is 0.889 bits per heavy atom. The number of hydrogen-bond donors (Lipinski definition) is 1. The Morgan fingerprint density at radius 3 is 2.56 bits per heavy atom. The molecule has 0 bridgehead atoms. The van der Waals surface area contributed by atoms with E-state index in [2.05, 4.69) is 34.1 Å². The summed E-state index contributed by atoms with van der Waals surface area (Å²) < 4.78 is 21.5. The van der Waals surface area contributed by atoms with E-state index in [-0.39, 0.29) is 11.7 Å². The lowest BCUT2D eigenvalue weighted by atomic mass is 10.1. The molecule has 36 heavy (non-hydrogen) atoms. The van der Waals surface area contributed by atoms with E-state index in [4.69, 9.17) is 9.72 Å². The number of amides is 1. The van der Waals surface area contributed by atoms with Crippen LogP contribution in [0.2, 0.25) is 0 Å². The van der Waals surface area contributed by atoms with Crippen LogP contribution in [-0.2, 0) is 13.0 Å². The smallest absolute Gasteiger partial charge is 0.251 e. The maximum Gasteiger partial charge on any atom is 0.251 e. The first-order valence-corrected chi connectivity index (χ1v) is 12.3. The van der Waals surface area contributed by atoms with Gasteiger partial charge in [-0.25, -0.2) is 9.37 Å². The van der Waals surface area contributed by atoms with E-state index in [9.17, 15) is 9.18 Å². The van der Waals surface area contributed by atoms with Crippen molar-refractivity contribution in [3.63, 3.8) is 0 Å². The molecule has 1 N–H and O–H groups in total. The minimum atomic E-state index is -0.354. The minimum Gasteiger partial charge on any atom is -0.493 e. The number of halogens is 1. The number of rotatable bonds is 10. The quantitative estimate of drug-likeness (QED) is 0.243. The number of nitrogens with one attached hydrogen (secondary N) is 1. The van der Waals surface area contributed by atoms with Crippen LogP contribution in [-0.4, -0.2) is 28.6 Å². The number of carbonyl (C=O) groups excluding carboxylic acids is 1. The van der Waals surface area contributed by atoms with Crippen molar-refractivity contribution in [1.29, 1.82) is 0 Å². The summed E-state index contributed by atoms with van der Waals surface area (Å²) in [4.78, 5) is 17.1. The van der Waals surface area contributed by atoms with Crippen molar-refractivity contribution < 1.29 is 13.9 Å². The number of fused-ring (bicyclic) bond motifs is 2. The van der Waals surface area contributed by atoms with Gasteiger partial charge in [0.1, 0.15) is 17.4 Å². The SMILES string of the molecule is O=C(NCCCc1nc2ccccc2n1CCCOc1cccc2ccccc12)c1ccc(F)cc1. The first-order chi connectivity index (χ1) is 17.7. The molecule has 0 radical (unpaired) electrons. The van der Waals surface area contributed by atoms with Crippen molar-refractivity contribution in [2.75, 3.05) is 13.2 Å². The van der Waals surface area contributed by atoms with E-state index in [0.717, 1.165) is 53.8 Å². The van der Waals surface area contributed by atoms with E-state index in [1.54, 1.807) is 0 Å². The van der Waals surface area contributed by atoms with Crippen LogP contribution < -0.4 is 10.1 Å². The molecule has 0 atom stereocenters. The third-order valence-electron chi connectivity index (χ3n) is 6.24. The fourth-order valence-electron chi connectivity index (χ4n) is 4.44. The Kier molecular flexibility index (Phi) is 7.22. The average Bonchev–Trinajstić information content (AvgIpc) is 3.26. The van der Waals surface area contributed by atoms with Gasteiger partial charge in [0.05, 0.1) is 17.6 Å². The molecule has 5 aromatic rings. The molecule has 0 saturated carbocycles. The predicted octanol–water partition coefficient (Wildman–Crippen LogP) is 6.16. The second-order valence-corrected chi connectivity index (χ2v) is 8.71. The largest absolute Gasteiger partial charge is 0.493 e. The van der Waals surface area contributed by atoms with Gasteiger partial charge in [-0.1, -0.05) is 48.5 Å². The van der Waals surface area contributed by atoms with Gasteiger partial charge in [-0.2, -0.15) is 0 Å². The number of ether oxygens (including phenoxy) is 1. The minimum absolute atomic E-state index is 0.200. The van der Waals surface area contributed by atoms with E-state index in [1.807, 2.05) is 42.5 Å². The van der Waals surface area contributed by atoms with Crippen molar-refractivity contribution in [3.8, 4) is 5.75 Å². The summed E-state index contributed by atoms with van der Waals surface area (Å²) >= 11 is 0. The van der Waals surface area contributed by atoms with Gasteiger partial charge in [-0.15, -0.1) is 0 Å². The van der Waals surface area contributed by atoms with Crippen LogP contribution in [0.3, 0.4) is 0 Å². The van der Waals surface area contributed by atoms with Crippen molar-refractivity contribution in [1.82, 2.24) is 14.9 Å². The normalized spacial score (nSPS) is 11.1. The number of nitrogens with zero attached hydrogens (tertiary/aromatic N) is 2. The van der Waals surface area contributed by atoms with Crippen molar-refractivity contribution in [2.45, 2.75) is 25.8 Å². The molecule has 0 spiro atoms. The highest BCUT2D eigenvalue weighted by Gasteiger charge is 2.11. The molecule has 6 heteroatoms. The Hall–Kier alpha value is -4.19. The lowest BCUT2D eigenvalue weighted by molar-refractivity contribution is 0.0953. The van der Waals surface area contributed by atoms with E-state index < -0.39 is 0 Å². The highest BCUT2D eigenvalue weighted by molar-refractivity contribution is 5.94. The number of hydrogen-bond acceptors (Lipinski definition) is 3. The molecule has 1 aromatic heterocycles. The van der Waals surface area contributed by atoms with Gasteiger partial charge in [0, 0.05) is 30.5 Å². The summed E-state index contributed by atoms with van der Waals surface area (Å²) in [5.74, 6) is 1.35. The Bertz CT molecular complexity index is 1470. The fourth-order valence-corrected chi connectivity index (χ4v) is 4.44. The van der Waals surface area contributed by atoms with Gasteiger partial charge in [0.15, 0.2) is 0 Å². The number of carbonyl (C=O) groups is 1. The van der Waals surface area contributed by atoms with Crippen LogP contribution >= 0.6 is 0 Å². The number of aromatic nitrogens is 2. The number of benzene rings is 4. The van der Waals surface area contributed by atoms with Gasteiger partial charge in [-0.05, 0) is 60.7 Å². The standard InChI is InChI=1S/C30H28FN3O2/c31-24-17-15-23(16-18-24)30(35)32-19-6-14-29-33-26-11-3-4-12-27(26)34(29)20-7-21-36-28-13-5-9-22-8-1-2-10-25(22)28/h1-5,8-13,15-18H,6-7,14,19-21H2,(H,32,35). The van der Waals surface area contributed by atoms with Gasteiger partial charge >= 0.3 is 0 Å². The van der Waals surface area contributed by atoms with E-state index >= 15 is 0 Å². The van der Waals surface area contributed by atoms with E-state index in [0.29, 0.717) is 18.7 Å². The molecular formula is C30H28FN3O2. The number of imidazole rings is 1. The van der Waals surface area contributed by atoms with Crippen LogP contribution in [0.5, 0.6) is 5.75 Å². The molecule has 0 unspecified atom stereocenters. The summed E-state index contributed by atoms with van der Waals surface area (Å²) in [5.41, 5.74) is 2.53. The van der Waals surface area contributed by atoms with Gasteiger partial charge < -0.3 is 14.6 Å². The Morgan fingerprint density at radius 2 is 1.67 bits per heavy atom. The summed E-state index contributed by atoms with van der Waals surface area (Å²) in [7, 11) is 0. The zero-order valence-electron chi connectivity index (χ0n) is 20.0. The number of aryl methyl sites for hydroxylation is 2. The Balaban J connectivity index is 1.19. The van der Waals surface area contributed by atoms with Crippen LogP contribution in [0.4, 0.5) is 4.39 Å². The molecule has 4 aromatic carbocycles. The zero-order valence-corrected chi connectivity index (χ0v) is 20.0. The van der Waals surface area contributed by atoms with Crippen molar-refractivity contribution >= 4 is 27.7 Å². The first kappa shape index (κ1) is 23.5. The third kappa shape index (κ3) is 5.38. The first-order valence-electron chi connectivity index (χ1n) is 12.3. The summed E-state index contributed by atoms with van der Waals surface area (Å²) in [6.45, 7) is 1.92. The summed E-state index contributed by atoms with van der Waals surface area (Å²) in [6.07, 6.45) is 2.34. The molecule has 5 rings (SSSR count). The topological polar surface area (TPSA) is 56.2 Å². The van der Waals surface area contributed by atoms with Gasteiger partial charge in [0.2, 0.25) is 0 Å². The van der Waals surface area contributed by atoms with Crippen LogP contribution in [0.15, 0.2) is 91.0 Å². The van der Waals surface area contributed by atoms with Crippen molar-refractivity contribution in [2.24, 2.45) is 0 Å². The van der Waals surface area contributed by atoms with Crippen LogP contribution in [0, 0.1) is 5.82 Å². The molecule has 5 nitrogen and oxygen atoms in total. The number of para-hydroxylation sites is 2. The Labute approximate surface area is 209 Å². The van der Waals surface area contributed by atoms with E-state index in [1.165, 1.54) is 29.7 Å². The third-order valence-corrected chi connectivity index (χ3v) is 6.24. The molecule has 0 aliphatic rings. The molecule has 0 saturated heterocycles. The maximum absolute atomic E-state index is 13.1. The average molecular weight is 482 g/mol. The molecule has 0 fully saturated rings. The van der Waals surface area contributed by atoms with Gasteiger partial charge in [0.25, 0.3) is 5.91 Å². The molecule has 1 amide bonds. The summed E-state index contributed by atoms with van der Waals surface area (Å²) in [6, 6.07) is 28.1. The molecule has 182 valence electrons. The van der Waals surface area contributed by atoms with Crippen molar-refractivity contribution in [3.05, 3.63) is 108 Å².